The molecule has 0 saturated heterocycles. The van der Waals surface area contributed by atoms with E-state index in [2.05, 4.69) is 25.1 Å². The van der Waals surface area contributed by atoms with E-state index in [0.29, 0.717) is 6.04 Å². The average Bonchev–Trinajstić information content (AvgIpc) is 2.60. The molecule has 0 aliphatic heterocycles. The van der Waals surface area contributed by atoms with Crippen molar-refractivity contribution in [3.05, 3.63) is 24.4 Å². The smallest absolute Gasteiger partial charge is 0.0943 e. The molecule has 0 saturated carbocycles. The van der Waals surface area contributed by atoms with E-state index in [1.54, 1.807) is 0 Å². The summed E-state index contributed by atoms with van der Waals surface area (Å²) in [5.74, 6) is 0. The molecule has 1 aromatic heterocycles. The molecule has 80 valence electrons. The van der Waals surface area contributed by atoms with E-state index < -0.39 is 0 Å². The summed E-state index contributed by atoms with van der Waals surface area (Å²) >= 11 is 0. The predicted octanol–water partition coefficient (Wildman–Crippen LogP) is 2.98. The van der Waals surface area contributed by atoms with Gasteiger partial charge in [0.25, 0.3) is 0 Å². The molecule has 0 bridgehead atoms. The minimum Gasteiger partial charge on any atom is -0.399 e. The monoisotopic (exact) mass is 203 g/mol. The Bertz CT molecular complexity index is 459. The molecule has 0 aliphatic rings. The highest BCUT2D eigenvalue weighted by atomic mass is 15.3. The lowest BCUT2D eigenvalue weighted by atomic mass is 10.2. The van der Waals surface area contributed by atoms with Crippen LogP contribution in [0.15, 0.2) is 24.4 Å². The minimum absolute atomic E-state index is 0.462. The molecular formula is C12H17N3. The lowest BCUT2D eigenvalue weighted by molar-refractivity contribution is 0.458. The highest BCUT2D eigenvalue weighted by Gasteiger charge is 2.06. The molecule has 0 spiro atoms. The number of hydrogen-bond acceptors (Lipinski definition) is 2. The van der Waals surface area contributed by atoms with Crippen LogP contribution >= 0.6 is 0 Å². The average molecular weight is 203 g/mol. The first kappa shape index (κ1) is 10.0. The van der Waals surface area contributed by atoms with Crippen LogP contribution in [0.2, 0.25) is 0 Å². The molecule has 3 heteroatoms. The zero-order valence-electron chi connectivity index (χ0n) is 9.27. The lowest BCUT2D eigenvalue weighted by Gasteiger charge is -2.09. The molecule has 2 aromatic rings. The van der Waals surface area contributed by atoms with E-state index in [9.17, 15) is 0 Å². The number of aromatic nitrogens is 2. The summed E-state index contributed by atoms with van der Waals surface area (Å²) in [5.41, 5.74) is 7.48. The Morgan fingerprint density at radius 1 is 1.47 bits per heavy atom. The highest BCUT2D eigenvalue weighted by molar-refractivity contribution is 5.81. The van der Waals surface area contributed by atoms with E-state index in [0.717, 1.165) is 23.0 Å². The Morgan fingerprint density at radius 2 is 2.27 bits per heavy atom. The second-order valence-electron chi connectivity index (χ2n) is 4.07. The molecule has 0 amide bonds. The van der Waals surface area contributed by atoms with Crippen molar-refractivity contribution in [1.29, 1.82) is 0 Å². The third-order valence-corrected chi connectivity index (χ3v) is 2.71. The van der Waals surface area contributed by atoms with Crippen LogP contribution in [0.5, 0.6) is 0 Å². The van der Waals surface area contributed by atoms with Gasteiger partial charge in [0, 0.05) is 23.3 Å². The summed E-state index contributed by atoms with van der Waals surface area (Å²) in [6.07, 6.45) is 4.43. The second kappa shape index (κ2) is 3.93. The number of nitrogen functional groups attached to an aromatic ring is 1. The van der Waals surface area contributed by atoms with E-state index in [1.807, 2.05) is 22.9 Å². The van der Waals surface area contributed by atoms with Gasteiger partial charge in [0.2, 0.25) is 0 Å². The minimum atomic E-state index is 0.462. The van der Waals surface area contributed by atoms with Gasteiger partial charge in [0.05, 0.1) is 5.52 Å². The second-order valence-corrected chi connectivity index (χ2v) is 4.07. The normalized spacial score (nSPS) is 13.2. The molecule has 1 heterocycles. The van der Waals surface area contributed by atoms with Crippen molar-refractivity contribution in [1.82, 2.24) is 9.78 Å². The van der Waals surface area contributed by atoms with Gasteiger partial charge in [-0.15, -0.1) is 0 Å². The number of nitrogens with zero attached hydrogens (tertiary/aromatic N) is 2. The fourth-order valence-electron chi connectivity index (χ4n) is 1.83. The van der Waals surface area contributed by atoms with Crippen LogP contribution in [0.1, 0.15) is 32.7 Å². The Balaban J connectivity index is 2.38. The third-order valence-electron chi connectivity index (χ3n) is 2.71. The highest BCUT2D eigenvalue weighted by Crippen LogP contribution is 2.19. The van der Waals surface area contributed by atoms with Crippen molar-refractivity contribution in [2.75, 3.05) is 5.73 Å². The van der Waals surface area contributed by atoms with E-state index in [-0.39, 0.29) is 0 Å². The van der Waals surface area contributed by atoms with Gasteiger partial charge in [-0.05, 0) is 31.5 Å². The summed E-state index contributed by atoms with van der Waals surface area (Å²) in [5, 5.41) is 5.69. The third kappa shape index (κ3) is 1.96. The number of benzene rings is 1. The summed E-state index contributed by atoms with van der Waals surface area (Å²) in [6, 6.07) is 6.32. The largest absolute Gasteiger partial charge is 0.399 e. The summed E-state index contributed by atoms with van der Waals surface area (Å²) < 4.78 is 2.04. The molecule has 2 N–H and O–H groups in total. The van der Waals surface area contributed by atoms with Crippen LogP contribution in [-0.4, -0.2) is 9.78 Å². The van der Waals surface area contributed by atoms with Gasteiger partial charge in [-0.3, -0.25) is 4.68 Å². The van der Waals surface area contributed by atoms with Crippen molar-refractivity contribution in [3.63, 3.8) is 0 Å². The molecule has 3 nitrogen and oxygen atoms in total. The van der Waals surface area contributed by atoms with Crippen molar-refractivity contribution in [2.24, 2.45) is 0 Å². The van der Waals surface area contributed by atoms with Crippen molar-refractivity contribution < 1.29 is 0 Å². The van der Waals surface area contributed by atoms with E-state index >= 15 is 0 Å². The van der Waals surface area contributed by atoms with Gasteiger partial charge in [-0.1, -0.05) is 13.3 Å². The van der Waals surface area contributed by atoms with Crippen molar-refractivity contribution in [2.45, 2.75) is 32.7 Å². The van der Waals surface area contributed by atoms with Crippen LogP contribution in [0.4, 0.5) is 5.69 Å². The molecule has 0 fully saturated rings. The van der Waals surface area contributed by atoms with Crippen LogP contribution < -0.4 is 5.73 Å². The molecule has 0 radical (unpaired) electrons. The Kier molecular flexibility index (Phi) is 2.62. The van der Waals surface area contributed by atoms with Gasteiger partial charge in [-0.2, -0.15) is 5.10 Å². The fraction of sp³-hybridized carbons (Fsp3) is 0.417. The predicted molar refractivity (Wildman–Crippen MR) is 63.8 cm³/mol. The Morgan fingerprint density at radius 3 is 3.00 bits per heavy atom. The molecule has 0 aliphatic carbocycles. The molecule has 2 rings (SSSR count). The maximum absolute atomic E-state index is 5.72. The summed E-state index contributed by atoms with van der Waals surface area (Å²) in [7, 11) is 0. The van der Waals surface area contributed by atoms with Crippen LogP contribution in [0.25, 0.3) is 10.9 Å². The zero-order valence-corrected chi connectivity index (χ0v) is 9.27. The van der Waals surface area contributed by atoms with Gasteiger partial charge >= 0.3 is 0 Å². The lowest BCUT2D eigenvalue weighted by Crippen LogP contribution is -2.04. The fourth-order valence-corrected chi connectivity index (χ4v) is 1.83. The molecule has 1 atom stereocenters. The van der Waals surface area contributed by atoms with E-state index in [1.165, 1.54) is 6.42 Å². The summed E-state index contributed by atoms with van der Waals surface area (Å²) in [6.45, 7) is 4.39. The SMILES string of the molecule is CCCC(C)n1cc2ccc(N)cc2n1. The first-order valence-electron chi connectivity index (χ1n) is 5.45. The van der Waals surface area contributed by atoms with Gasteiger partial charge < -0.3 is 5.73 Å². The molecular weight excluding hydrogens is 186 g/mol. The van der Waals surface area contributed by atoms with Gasteiger partial charge in [-0.25, -0.2) is 0 Å². The zero-order chi connectivity index (χ0) is 10.8. The number of fused-ring (bicyclic) bond motifs is 1. The van der Waals surface area contributed by atoms with Crippen LogP contribution in [-0.2, 0) is 0 Å². The standard InChI is InChI=1S/C12H17N3/c1-3-4-9(2)15-8-10-5-6-11(13)7-12(10)14-15/h5-9H,3-4,13H2,1-2H3. The molecule has 1 unspecified atom stereocenters. The maximum atomic E-state index is 5.72. The number of anilines is 1. The summed E-state index contributed by atoms with van der Waals surface area (Å²) in [4.78, 5) is 0. The molecule has 15 heavy (non-hydrogen) atoms. The quantitative estimate of drug-likeness (QED) is 0.779. The van der Waals surface area contributed by atoms with Crippen molar-refractivity contribution >= 4 is 16.6 Å². The first-order chi connectivity index (χ1) is 7.20. The van der Waals surface area contributed by atoms with Gasteiger partial charge in [0.1, 0.15) is 0 Å². The maximum Gasteiger partial charge on any atom is 0.0943 e. The van der Waals surface area contributed by atoms with Crippen LogP contribution in [0, 0.1) is 0 Å². The van der Waals surface area contributed by atoms with Crippen molar-refractivity contribution in [3.8, 4) is 0 Å². The Labute approximate surface area is 89.9 Å². The van der Waals surface area contributed by atoms with E-state index in [4.69, 9.17) is 5.73 Å². The number of rotatable bonds is 3. The topological polar surface area (TPSA) is 43.8 Å². The number of nitrogens with two attached hydrogens (primary N) is 1. The Hall–Kier alpha value is -1.51. The first-order valence-corrected chi connectivity index (χ1v) is 5.45. The number of hydrogen-bond donors (Lipinski definition) is 1. The van der Waals surface area contributed by atoms with Crippen LogP contribution in [0.3, 0.4) is 0 Å². The van der Waals surface area contributed by atoms with Gasteiger partial charge in [0.15, 0.2) is 0 Å². The molecule has 1 aromatic carbocycles.